The largest absolute Gasteiger partial charge is 0.497 e. The van der Waals surface area contributed by atoms with Gasteiger partial charge in [-0.05, 0) is 24.3 Å². The predicted molar refractivity (Wildman–Crippen MR) is 113 cm³/mol. The lowest BCUT2D eigenvalue weighted by atomic mass is 10.2. The van der Waals surface area contributed by atoms with Crippen LogP contribution in [0.4, 0.5) is 28.7 Å². The van der Waals surface area contributed by atoms with Gasteiger partial charge in [-0.15, -0.1) is 0 Å². The summed E-state index contributed by atoms with van der Waals surface area (Å²) < 4.78 is 15.3. The highest BCUT2D eigenvalue weighted by Gasteiger charge is 2.25. The van der Waals surface area contributed by atoms with Crippen molar-refractivity contribution in [1.82, 2.24) is 9.97 Å². The SMILES string of the molecule is COC(=O)c1ccccc1Nc1ncnc(Nc2cc(OC)ccc2OC)c1[N+](=O)[O-]. The zero-order valence-electron chi connectivity index (χ0n) is 16.9. The van der Waals surface area contributed by atoms with E-state index in [4.69, 9.17) is 14.2 Å². The van der Waals surface area contributed by atoms with Crippen LogP contribution in [-0.2, 0) is 4.74 Å². The molecule has 31 heavy (non-hydrogen) atoms. The van der Waals surface area contributed by atoms with Crippen LogP contribution in [0.1, 0.15) is 10.4 Å². The topological polar surface area (TPSA) is 138 Å². The molecule has 0 saturated carbocycles. The summed E-state index contributed by atoms with van der Waals surface area (Å²) in [6.45, 7) is 0. The number of aromatic nitrogens is 2. The van der Waals surface area contributed by atoms with E-state index in [1.165, 1.54) is 27.4 Å². The van der Waals surface area contributed by atoms with Crippen molar-refractivity contribution in [3.05, 3.63) is 64.5 Å². The molecule has 160 valence electrons. The number of benzene rings is 2. The highest BCUT2D eigenvalue weighted by molar-refractivity contribution is 5.96. The molecule has 0 spiro atoms. The Kier molecular flexibility index (Phi) is 6.45. The molecular formula is C20H19N5O6. The molecule has 3 rings (SSSR count). The summed E-state index contributed by atoms with van der Waals surface area (Å²) in [6.07, 6.45) is 1.16. The lowest BCUT2D eigenvalue weighted by Crippen LogP contribution is -2.09. The number of esters is 1. The summed E-state index contributed by atoms with van der Waals surface area (Å²) in [7, 11) is 4.22. The molecule has 0 aliphatic heterocycles. The molecule has 2 aromatic carbocycles. The molecule has 0 bridgehead atoms. The Morgan fingerprint density at radius 1 is 0.968 bits per heavy atom. The fourth-order valence-corrected chi connectivity index (χ4v) is 2.78. The van der Waals surface area contributed by atoms with Gasteiger partial charge in [0, 0.05) is 6.07 Å². The molecule has 11 nitrogen and oxygen atoms in total. The first-order valence-electron chi connectivity index (χ1n) is 8.91. The number of rotatable bonds is 8. The standard InChI is InChI=1S/C20H19N5O6/c1-29-12-8-9-16(30-2)15(10-12)24-19-17(25(27)28)18(21-11-22-19)23-14-7-5-4-6-13(14)20(26)31-3/h4-11H,1-3H3,(H2,21,22,23,24). The van der Waals surface area contributed by atoms with Gasteiger partial charge < -0.3 is 24.8 Å². The Morgan fingerprint density at radius 2 is 1.65 bits per heavy atom. The van der Waals surface area contributed by atoms with E-state index in [1.807, 2.05) is 0 Å². The van der Waals surface area contributed by atoms with Crippen LogP contribution in [0.5, 0.6) is 11.5 Å². The Balaban J connectivity index is 2.04. The van der Waals surface area contributed by atoms with Crippen molar-refractivity contribution >= 4 is 34.7 Å². The van der Waals surface area contributed by atoms with Crippen LogP contribution in [0, 0.1) is 10.1 Å². The van der Waals surface area contributed by atoms with Crippen LogP contribution in [0.2, 0.25) is 0 Å². The fraction of sp³-hybridized carbons (Fsp3) is 0.150. The quantitative estimate of drug-likeness (QED) is 0.312. The van der Waals surface area contributed by atoms with E-state index in [2.05, 4.69) is 20.6 Å². The van der Waals surface area contributed by atoms with Crippen molar-refractivity contribution in [3.63, 3.8) is 0 Å². The average Bonchev–Trinajstić information content (AvgIpc) is 2.78. The van der Waals surface area contributed by atoms with Gasteiger partial charge in [0.15, 0.2) is 0 Å². The summed E-state index contributed by atoms with van der Waals surface area (Å²) >= 11 is 0. The Morgan fingerprint density at radius 3 is 2.26 bits per heavy atom. The lowest BCUT2D eigenvalue weighted by Gasteiger charge is -2.14. The maximum Gasteiger partial charge on any atom is 0.353 e. The second kappa shape index (κ2) is 9.39. The minimum Gasteiger partial charge on any atom is -0.497 e. The molecule has 0 saturated heterocycles. The van der Waals surface area contributed by atoms with E-state index in [0.717, 1.165) is 6.33 Å². The molecule has 0 unspecified atom stereocenters. The third kappa shape index (κ3) is 4.61. The summed E-state index contributed by atoms with van der Waals surface area (Å²) in [5.41, 5.74) is 0.472. The predicted octanol–water partition coefficient (Wildman–Crippen LogP) is 3.68. The van der Waals surface area contributed by atoms with Crippen molar-refractivity contribution < 1.29 is 23.9 Å². The molecule has 0 aliphatic carbocycles. The summed E-state index contributed by atoms with van der Waals surface area (Å²) in [5.74, 6) is 0.161. The molecule has 1 aromatic heterocycles. The molecule has 0 radical (unpaired) electrons. The first-order valence-corrected chi connectivity index (χ1v) is 8.91. The number of ether oxygens (including phenoxy) is 3. The van der Waals surface area contributed by atoms with Crippen LogP contribution in [0.15, 0.2) is 48.8 Å². The number of nitrogens with zero attached hydrogens (tertiary/aromatic N) is 3. The Bertz CT molecular complexity index is 1120. The van der Waals surface area contributed by atoms with Crippen molar-refractivity contribution in [2.24, 2.45) is 0 Å². The van der Waals surface area contributed by atoms with E-state index in [0.29, 0.717) is 22.9 Å². The molecule has 0 aliphatic rings. The number of anilines is 4. The maximum absolute atomic E-state index is 12.0. The monoisotopic (exact) mass is 425 g/mol. The minimum absolute atomic E-state index is 0.0791. The number of methoxy groups -OCH3 is 3. The zero-order chi connectivity index (χ0) is 22.4. The molecule has 0 fully saturated rings. The molecule has 0 atom stereocenters. The lowest BCUT2D eigenvalue weighted by molar-refractivity contribution is -0.383. The molecular weight excluding hydrogens is 406 g/mol. The highest BCUT2D eigenvalue weighted by Crippen LogP contribution is 2.37. The molecule has 2 N–H and O–H groups in total. The minimum atomic E-state index is -0.627. The van der Waals surface area contributed by atoms with Crippen LogP contribution in [-0.4, -0.2) is 42.2 Å². The number of nitrogens with one attached hydrogen (secondary N) is 2. The van der Waals surface area contributed by atoms with Crippen LogP contribution < -0.4 is 20.1 Å². The van der Waals surface area contributed by atoms with Gasteiger partial charge in [0.1, 0.15) is 17.8 Å². The average molecular weight is 425 g/mol. The first-order chi connectivity index (χ1) is 15.0. The Hall–Kier alpha value is -4.41. The third-order valence-corrected chi connectivity index (χ3v) is 4.25. The van der Waals surface area contributed by atoms with Gasteiger partial charge in [0.05, 0.1) is 43.2 Å². The van der Waals surface area contributed by atoms with E-state index >= 15 is 0 Å². The van der Waals surface area contributed by atoms with Gasteiger partial charge >= 0.3 is 11.7 Å². The number of hydrogen-bond donors (Lipinski definition) is 2. The van der Waals surface area contributed by atoms with Gasteiger partial charge in [-0.3, -0.25) is 10.1 Å². The number of carbonyl (C=O) groups is 1. The number of carbonyl (C=O) groups excluding carboxylic acids is 1. The molecule has 3 aromatic rings. The molecule has 11 heteroatoms. The highest BCUT2D eigenvalue weighted by atomic mass is 16.6. The van der Waals surface area contributed by atoms with Gasteiger partial charge in [-0.1, -0.05) is 12.1 Å². The van der Waals surface area contributed by atoms with Crippen LogP contribution >= 0.6 is 0 Å². The summed E-state index contributed by atoms with van der Waals surface area (Å²) in [5, 5.41) is 17.6. The van der Waals surface area contributed by atoms with Crippen LogP contribution in [0.3, 0.4) is 0 Å². The third-order valence-electron chi connectivity index (χ3n) is 4.25. The normalized spacial score (nSPS) is 10.2. The van der Waals surface area contributed by atoms with E-state index < -0.39 is 16.6 Å². The van der Waals surface area contributed by atoms with Gasteiger partial charge in [-0.25, -0.2) is 14.8 Å². The van der Waals surface area contributed by atoms with Gasteiger partial charge in [-0.2, -0.15) is 0 Å². The Labute approximate surface area is 177 Å². The van der Waals surface area contributed by atoms with E-state index in [9.17, 15) is 14.9 Å². The van der Waals surface area contributed by atoms with E-state index in [-0.39, 0.29) is 17.2 Å². The summed E-state index contributed by atoms with van der Waals surface area (Å²) in [4.78, 5) is 31.3. The second-order valence-electron chi connectivity index (χ2n) is 6.03. The second-order valence-corrected chi connectivity index (χ2v) is 6.03. The smallest absolute Gasteiger partial charge is 0.353 e. The van der Waals surface area contributed by atoms with E-state index in [1.54, 1.807) is 36.4 Å². The molecule has 0 amide bonds. The number of nitro groups is 1. The van der Waals surface area contributed by atoms with Crippen molar-refractivity contribution in [1.29, 1.82) is 0 Å². The number of hydrogen-bond acceptors (Lipinski definition) is 10. The van der Waals surface area contributed by atoms with Crippen molar-refractivity contribution in [3.8, 4) is 11.5 Å². The molecule has 1 heterocycles. The zero-order valence-corrected chi connectivity index (χ0v) is 16.9. The fourth-order valence-electron chi connectivity index (χ4n) is 2.78. The maximum atomic E-state index is 12.0. The van der Waals surface area contributed by atoms with Crippen LogP contribution in [0.25, 0.3) is 0 Å². The van der Waals surface area contributed by atoms with Gasteiger partial charge in [0.25, 0.3) is 0 Å². The van der Waals surface area contributed by atoms with Crippen molar-refractivity contribution in [2.45, 2.75) is 0 Å². The van der Waals surface area contributed by atoms with Crippen molar-refractivity contribution in [2.75, 3.05) is 32.0 Å². The van der Waals surface area contributed by atoms with Gasteiger partial charge in [0.2, 0.25) is 11.6 Å². The number of para-hydroxylation sites is 1. The summed E-state index contributed by atoms with van der Waals surface area (Å²) in [6, 6.07) is 11.4. The first kappa shape index (κ1) is 21.3.